The van der Waals surface area contributed by atoms with Gasteiger partial charge in [0, 0.05) is 18.5 Å². The van der Waals surface area contributed by atoms with Gasteiger partial charge in [0.1, 0.15) is 5.82 Å². The van der Waals surface area contributed by atoms with Gasteiger partial charge in [0.05, 0.1) is 11.9 Å². The number of hydrogen-bond donors (Lipinski definition) is 2. The van der Waals surface area contributed by atoms with E-state index in [9.17, 15) is 0 Å². The Balaban J connectivity index is 2.24. The number of nitrogens with one attached hydrogen (secondary N) is 2. The number of benzene rings is 1. The molecule has 17 heavy (non-hydrogen) atoms. The molecule has 0 aliphatic carbocycles. The van der Waals surface area contributed by atoms with E-state index in [1.165, 1.54) is 16.7 Å². The predicted octanol–water partition coefficient (Wildman–Crippen LogP) is 2.46. The maximum absolute atomic E-state index is 4.40. The summed E-state index contributed by atoms with van der Waals surface area (Å²) >= 11 is 0. The summed E-state index contributed by atoms with van der Waals surface area (Å²) in [5.41, 5.74) is 4.92. The summed E-state index contributed by atoms with van der Waals surface area (Å²) in [5, 5.41) is 3.12. The monoisotopic (exact) mass is 229 g/mol. The van der Waals surface area contributed by atoms with Crippen molar-refractivity contribution in [1.29, 1.82) is 0 Å². The van der Waals surface area contributed by atoms with Crippen LogP contribution in [0.2, 0.25) is 0 Å². The molecule has 0 spiro atoms. The molecule has 0 aliphatic heterocycles. The number of imidazole rings is 1. The Morgan fingerprint density at radius 3 is 2.82 bits per heavy atom. The highest BCUT2D eigenvalue weighted by molar-refractivity contribution is 5.63. The smallest absolute Gasteiger partial charge is 0.107 e. The van der Waals surface area contributed by atoms with E-state index in [1.54, 1.807) is 0 Å². The zero-order valence-electron chi connectivity index (χ0n) is 10.7. The van der Waals surface area contributed by atoms with Crippen molar-refractivity contribution in [3.05, 3.63) is 41.3 Å². The van der Waals surface area contributed by atoms with E-state index in [1.807, 2.05) is 13.2 Å². The number of aromatic nitrogens is 2. The van der Waals surface area contributed by atoms with Crippen LogP contribution >= 0.6 is 0 Å². The average Bonchev–Trinajstić information content (AvgIpc) is 2.75. The maximum Gasteiger partial charge on any atom is 0.107 e. The Hall–Kier alpha value is -1.61. The van der Waals surface area contributed by atoms with Gasteiger partial charge in [0.25, 0.3) is 0 Å². The summed E-state index contributed by atoms with van der Waals surface area (Å²) in [4.78, 5) is 7.77. The normalized spacial score (nSPS) is 10.8. The molecule has 90 valence electrons. The molecule has 1 heterocycles. The van der Waals surface area contributed by atoms with Crippen molar-refractivity contribution in [2.45, 2.75) is 20.3 Å². The lowest BCUT2D eigenvalue weighted by Gasteiger charge is -2.04. The van der Waals surface area contributed by atoms with Gasteiger partial charge in [-0.15, -0.1) is 0 Å². The quantitative estimate of drug-likeness (QED) is 0.845. The van der Waals surface area contributed by atoms with Crippen molar-refractivity contribution in [2.75, 3.05) is 13.6 Å². The van der Waals surface area contributed by atoms with E-state index in [-0.39, 0.29) is 0 Å². The highest BCUT2D eigenvalue weighted by atomic mass is 14.9. The number of H-pyrrole nitrogens is 1. The summed E-state index contributed by atoms with van der Waals surface area (Å²) in [5.74, 6) is 1.04. The Kier molecular flexibility index (Phi) is 3.59. The first-order valence-corrected chi connectivity index (χ1v) is 5.97. The van der Waals surface area contributed by atoms with E-state index in [2.05, 4.69) is 47.3 Å². The van der Waals surface area contributed by atoms with Crippen molar-refractivity contribution in [3.8, 4) is 11.3 Å². The molecule has 3 nitrogen and oxygen atoms in total. The SMILES string of the molecule is CNCCc1ncc(-c2ccc(C)cc2C)[nH]1. The number of aryl methyl sites for hydroxylation is 2. The van der Waals surface area contributed by atoms with E-state index in [0.29, 0.717) is 0 Å². The lowest BCUT2D eigenvalue weighted by molar-refractivity contribution is 0.764. The maximum atomic E-state index is 4.40. The zero-order chi connectivity index (χ0) is 12.3. The van der Waals surface area contributed by atoms with Crippen LogP contribution in [-0.2, 0) is 6.42 Å². The van der Waals surface area contributed by atoms with Crippen molar-refractivity contribution in [3.63, 3.8) is 0 Å². The summed E-state index contributed by atoms with van der Waals surface area (Å²) in [6.45, 7) is 5.19. The average molecular weight is 229 g/mol. The molecule has 0 saturated carbocycles. The molecule has 1 aromatic carbocycles. The molecule has 2 N–H and O–H groups in total. The summed E-state index contributed by atoms with van der Waals surface area (Å²) in [6.07, 6.45) is 2.85. The van der Waals surface area contributed by atoms with E-state index < -0.39 is 0 Å². The molecule has 0 fully saturated rings. The van der Waals surface area contributed by atoms with E-state index in [4.69, 9.17) is 0 Å². The second-order valence-electron chi connectivity index (χ2n) is 4.42. The molecule has 1 aromatic heterocycles. The van der Waals surface area contributed by atoms with Gasteiger partial charge >= 0.3 is 0 Å². The number of nitrogens with zero attached hydrogens (tertiary/aromatic N) is 1. The van der Waals surface area contributed by atoms with Crippen LogP contribution in [0.15, 0.2) is 24.4 Å². The Morgan fingerprint density at radius 1 is 1.29 bits per heavy atom. The third-order valence-electron chi connectivity index (χ3n) is 2.91. The van der Waals surface area contributed by atoms with Crippen molar-refractivity contribution in [1.82, 2.24) is 15.3 Å². The molecule has 3 heteroatoms. The standard InChI is InChI=1S/C14H19N3/c1-10-4-5-12(11(2)8-10)13-9-16-14(17-13)6-7-15-3/h4-5,8-9,15H,6-7H2,1-3H3,(H,16,17). The van der Waals surface area contributed by atoms with Crippen LogP contribution in [0, 0.1) is 13.8 Å². The van der Waals surface area contributed by atoms with Gasteiger partial charge in [-0.05, 0) is 26.5 Å². The van der Waals surface area contributed by atoms with Gasteiger partial charge in [-0.1, -0.05) is 23.8 Å². The second kappa shape index (κ2) is 5.15. The Labute approximate surface area is 102 Å². The molecule has 2 aromatic rings. The highest BCUT2D eigenvalue weighted by Crippen LogP contribution is 2.22. The van der Waals surface area contributed by atoms with Crippen LogP contribution in [0.4, 0.5) is 0 Å². The van der Waals surface area contributed by atoms with Gasteiger partial charge in [0.15, 0.2) is 0 Å². The first kappa shape index (κ1) is 11.9. The second-order valence-corrected chi connectivity index (χ2v) is 4.42. The molecule has 0 bridgehead atoms. The van der Waals surface area contributed by atoms with Crippen LogP contribution in [0.3, 0.4) is 0 Å². The minimum atomic E-state index is 0.932. The molecule has 0 radical (unpaired) electrons. The molecular formula is C14H19N3. The molecule has 2 rings (SSSR count). The topological polar surface area (TPSA) is 40.7 Å². The minimum Gasteiger partial charge on any atom is -0.342 e. The van der Waals surface area contributed by atoms with Gasteiger partial charge < -0.3 is 10.3 Å². The van der Waals surface area contributed by atoms with Crippen molar-refractivity contribution in [2.24, 2.45) is 0 Å². The zero-order valence-corrected chi connectivity index (χ0v) is 10.7. The molecule has 0 unspecified atom stereocenters. The van der Waals surface area contributed by atoms with Gasteiger partial charge in [0.2, 0.25) is 0 Å². The molecular weight excluding hydrogens is 210 g/mol. The summed E-state index contributed by atoms with van der Waals surface area (Å²) in [7, 11) is 1.95. The molecule has 0 atom stereocenters. The fourth-order valence-electron chi connectivity index (χ4n) is 1.99. The molecule has 0 saturated heterocycles. The van der Waals surface area contributed by atoms with Crippen LogP contribution in [0.5, 0.6) is 0 Å². The minimum absolute atomic E-state index is 0.932. The third kappa shape index (κ3) is 2.74. The summed E-state index contributed by atoms with van der Waals surface area (Å²) < 4.78 is 0. The van der Waals surface area contributed by atoms with Crippen LogP contribution in [0.25, 0.3) is 11.3 Å². The number of rotatable bonds is 4. The van der Waals surface area contributed by atoms with E-state index in [0.717, 1.165) is 24.5 Å². The highest BCUT2D eigenvalue weighted by Gasteiger charge is 2.05. The first-order chi connectivity index (χ1) is 8.20. The van der Waals surface area contributed by atoms with Gasteiger partial charge in [-0.2, -0.15) is 0 Å². The number of aromatic amines is 1. The molecule has 0 aliphatic rings. The summed E-state index contributed by atoms with van der Waals surface area (Å²) in [6, 6.07) is 6.49. The van der Waals surface area contributed by atoms with Gasteiger partial charge in [-0.3, -0.25) is 0 Å². The Bertz CT molecular complexity index is 500. The number of likely N-dealkylation sites (N-methyl/N-ethyl adjacent to an activating group) is 1. The van der Waals surface area contributed by atoms with Crippen LogP contribution in [-0.4, -0.2) is 23.6 Å². The van der Waals surface area contributed by atoms with Gasteiger partial charge in [-0.25, -0.2) is 4.98 Å². The molecule has 0 amide bonds. The lowest BCUT2D eigenvalue weighted by atomic mass is 10.0. The van der Waals surface area contributed by atoms with Crippen LogP contribution in [0.1, 0.15) is 17.0 Å². The van der Waals surface area contributed by atoms with E-state index >= 15 is 0 Å². The fraction of sp³-hybridized carbons (Fsp3) is 0.357. The van der Waals surface area contributed by atoms with Crippen molar-refractivity contribution >= 4 is 0 Å². The lowest BCUT2D eigenvalue weighted by Crippen LogP contribution is -2.11. The largest absolute Gasteiger partial charge is 0.342 e. The van der Waals surface area contributed by atoms with Crippen molar-refractivity contribution < 1.29 is 0 Å². The third-order valence-corrected chi connectivity index (χ3v) is 2.91. The predicted molar refractivity (Wildman–Crippen MR) is 71.1 cm³/mol. The fourth-order valence-corrected chi connectivity index (χ4v) is 1.99. The first-order valence-electron chi connectivity index (χ1n) is 5.97. The van der Waals surface area contributed by atoms with Crippen LogP contribution < -0.4 is 5.32 Å². The Morgan fingerprint density at radius 2 is 2.12 bits per heavy atom. The number of hydrogen-bond acceptors (Lipinski definition) is 2.